The van der Waals surface area contributed by atoms with Crippen LogP contribution < -0.4 is 10.2 Å². The number of amides is 2. The van der Waals surface area contributed by atoms with Crippen molar-refractivity contribution in [2.45, 2.75) is 43.7 Å². The number of alkyl carbamates (subject to hydrolysis) is 1. The van der Waals surface area contributed by atoms with E-state index < -0.39 is 19.7 Å². The predicted octanol–water partition coefficient (Wildman–Crippen LogP) is 3.46. The van der Waals surface area contributed by atoms with Crippen LogP contribution in [0.25, 0.3) is 0 Å². The first kappa shape index (κ1) is 16.5. The van der Waals surface area contributed by atoms with Crippen LogP contribution in [0.1, 0.15) is 12.0 Å². The highest BCUT2D eigenvalue weighted by Crippen LogP contribution is 2.46. The predicted molar refractivity (Wildman–Crippen MR) is 95.4 cm³/mol. The van der Waals surface area contributed by atoms with E-state index in [1.807, 2.05) is 18.2 Å². The molecule has 5 nitrogen and oxygen atoms in total. The summed E-state index contributed by atoms with van der Waals surface area (Å²) in [5.41, 5.74) is 0.678. The number of nitrogens with one attached hydrogen (secondary N) is 1. The summed E-state index contributed by atoms with van der Waals surface area (Å²) in [6.45, 7) is 6.72. The maximum atomic E-state index is 13.0. The van der Waals surface area contributed by atoms with Crippen LogP contribution in [0.4, 0.5) is 10.5 Å². The molecule has 1 aromatic carbocycles. The molecule has 23 heavy (non-hydrogen) atoms. The summed E-state index contributed by atoms with van der Waals surface area (Å²) in [5, 5.41) is 2.81. The molecule has 2 amide bonds. The Kier molecular flexibility index (Phi) is 3.83. The molecule has 0 unspecified atom stereocenters. The second kappa shape index (κ2) is 5.34. The molecule has 7 heteroatoms. The quantitative estimate of drug-likeness (QED) is 0.778. The number of carbonyl (C=O) groups is 2. The molecule has 0 aromatic heterocycles. The lowest BCUT2D eigenvalue weighted by Gasteiger charge is -2.39. The van der Waals surface area contributed by atoms with E-state index in [4.69, 9.17) is 4.74 Å². The third-order valence-corrected chi connectivity index (χ3v) is 6.59. The molecule has 1 N–H and O–H groups in total. The SMILES string of the molecule is CN1C(=O)[C@@]2(C[C@@H](C[Si](C)(C)C)OC(=O)N2)c2cc(Br)ccc21. The molecular weight excluding hydrogens is 376 g/mol. The lowest BCUT2D eigenvalue weighted by atomic mass is 9.85. The van der Waals surface area contributed by atoms with Crippen LogP contribution >= 0.6 is 15.9 Å². The van der Waals surface area contributed by atoms with Gasteiger partial charge in [0.25, 0.3) is 5.91 Å². The molecule has 0 radical (unpaired) electrons. The van der Waals surface area contributed by atoms with Gasteiger partial charge < -0.3 is 15.0 Å². The summed E-state index contributed by atoms with van der Waals surface area (Å²) in [7, 11) is 0.326. The fourth-order valence-electron chi connectivity index (χ4n) is 3.56. The Morgan fingerprint density at radius 1 is 1.39 bits per heavy atom. The Balaban J connectivity index is 2.05. The molecule has 1 aromatic rings. The smallest absolute Gasteiger partial charge is 0.408 e. The van der Waals surface area contributed by atoms with Crippen molar-refractivity contribution < 1.29 is 14.3 Å². The number of carbonyl (C=O) groups excluding carboxylic acids is 2. The number of likely N-dealkylation sites (N-methyl/N-ethyl adjacent to an activating group) is 1. The van der Waals surface area contributed by atoms with E-state index in [1.165, 1.54) is 0 Å². The normalized spacial score (nSPS) is 27.0. The third kappa shape index (κ3) is 2.80. The second-order valence-electron chi connectivity index (χ2n) is 7.55. The number of nitrogens with zero attached hydrogens (tertiary/aromatic N) is 1. The number of fused-ring (bicyclic) bond motifs is 2. The largest absolute Gasteiger partial charge is 0.446 e. The van der Waals surface area contributed by atoms with Gasteiger partial charge in [-0.05, 0) is 24.2 Å². The zero-order valence-corrected chi connectivity index (χ0v) is 16.4. The second-order valence-corrected chi connectivity index (χ2v) is 14.0. The molecule has 3 rings (SSSR count). The fraction of sp³-hybridized carbons (Fsp3) is 0.500. The highest BCUT2D eigenvalue weighted by Gasteiger charge is 2.55. The van der Waals surface area contributed by atoms with Gasteiger partial charge in [-0.3, -0.25) is 4.79 Å². The Morgan fingerprint density at radius 2 is 2.09 bits per heavy atom. The van der Waals surface area contributed by atoms with E-state index in [2.05, 4.69) is 40.9 Å². The molecule has 2 heterocycles. The van der Waals surface area contributed by atoms with Crippen molar-refractivity contribution in [3.63, 3.8) is 0 Å². The van der Waals surface area contributed by atoms with Gasteiger partial charge in [-0.2, -0.15) is 0 Å². The zero-order chi connectivity index (χ0) is 17.0. The van der Waals surface area contributed by atoms with Crippen LogP contribution in [0.5, 0.6) is 0 Å². The maximum absolute atomic E-state index is 13.0. The first-order valence-corrected chi connectivity index (χ1v) is 12.2. The van der Waals surface area contributed by atoms with Crippen molar-refractivity contribution in [3.05, 3.63) is 28.2 Å². The van der Waals surface area contributed by atoms with E-state index in [1.54, 1.807) is 11.9 Å². The van der Waals surface area contributed by atoms with Crippen molar-refractivity contribution in [2.75, 3.05) is 11.9 Å². The summed E-state index contributed by atoms with van der Waals surface area (Å²) >= 11 is 3.47. The van der Waals surface area contributed by atoms with Crippen LogP contribution in [-0.4, -0.2) is 33.2 Å². The first-order valence-electron chi connectivity index (χ1n) is 7.69. The topological polar surface area (TPSA) is 58.6 Å². The standard InChI is InChI=1S/C16H21BrN2O3Si/c1-19-13-6-5-10(17)7-12(13)16(14(19)20)8-11(9-23(2,3)4)22-15(21)18-16/h5-7,11H,8-9H2,1-4H3,(H,18,21)/t11-,16+/m0/s1. The summed E-state index contributed by atoms with van der Waals surface area (Å²) in [6.07, 6.45) is -0.248. The number of hydrogen-bond donors (Lipinski definition) is 1. The van der Waals surface area contributed by atoms with Gasteiger partial charge in [0.05, 0.1) is 0 Å². The number of hydrogen-bond acceptors (Lipinski definition) is 3. The zero-order valence-electron chi connectivity index (χ0n) is 13.8. The summed E-state index contributed by atoms with van der Waals surface area (Å²) in [5.74, 6) is -0.0946. The molecule has 1 spiro atoms. The molecule has 2 aliphatic heterocycles. The number of benzene rings is 1. The molecule has 0 aliphatic carbocycles. The van der Waals surface area contributed by atoms with Crippen LogP contribution in [0.15, 0.2) is 22.7 Å². The minimum absolute atomic E-state index is 0.0946. The molecule has 2 aliphatic rings. The summed E-state index contributed by atoms with van der Waals surface area (Å²) < 4.78 is 6.37. The minimum atomic E-state index is -1.42. The average molecular weight is 397 g/mol. The van der Waals surface area contributed by atoms with Gasteiger partial charge in [-0.1, -0.05) is 35.6 Å². The van der Waals surface area contributed by atoms with E-state index >= 15 is 0 Å². The van der Waals surface area contributed by atoms with Crippen LogP contribution in [0.2, 0.25) is 25.7 Å². The maximum Gasteiger partial charge on any atom is 0.408 e. The first-order chi connectivity index (χ1) is 10.6. The van der Waals surface area contributed by atoms with Crippen molar-refractivity contribution in [2.24, 2.45) is 0 Å². The number of cyclic esters (lactones) is 1. The molecule has 1 fully saturated rings. The molecule has 1 saturated heterocycles. The van der Waals surface area contributed by atoms with Crippen molar-refractivity contribution in [1.29, 1.82) is 0 Å². The van der Waals surface area contributed by atoms with Gasteiger partial charge in [0.1, 0.15) is 6.10 Å². The fourth-order valence-corrected chi connectivity index (χ4v) is 5.51. The van der Waals surface area contributed by atoms with Crippen LogP contribution in [0, 0.1) is 0 Å². The summed E-state index contributed by atoms with van der Waals surface area (Å²) in [4.78, 5) is 26.7. The number of ether oxygens (including phenoxy) is 1. The van der Waals surface area contributed by atoms with Crippen LogP contribution in [-0.2, 0) is 15.1 Å². The highest BCUT2D eigenvalue weighted by molar-refractivity contribution is 9.10. The molecule has 0 saturated carbocycles. The summed E-state index contributed by atoms with van der Waals surface area (Å²) in [6, 6.07) is 6.58. The lowest BCUT2D eigenvalue weighted by Crippen LogP contribution is -2.59. The molecule has 124 valence electrons. The van der Waals surface area contributed by atoms with Crippen molar-refractivity contribution >= 4 is 41.7 Å². The van der Waals surface area contributed by atoms with Crippen molar-refractivity contribution in [3.8, 4) is 0 Å². The third-order valence-electron chi connectivity index (χ3n) is 4.41. The Bertz CT molecular complexity index is 688. The van der Waals surface area contributed by atoms with Gasteiger partial charge in [0.15, 0.2) is 5.54 Å². The van der Waals surface area contributed by atoms with Gasteiger partial charge in [-0.15, -0.1) is 0 Å². The Hall–Kier alpha value is -1.34. The minimum Gasteiger partial charge on any atom is -0.446 e. The Morgan fingerprint density at radius 3 is 2.74 bits per heavy atom. The van der Waals surface area contributed by atoms with E-state index in [9.17, 15) is 9.59 Å². The average Bonchev–Trinajstić information content (AvgIpc) is 2.59. The number of anilines is 1. The number of halogens is 1. The van der Waals surface area contributed by atoms with Crippen molar-refractivity contribution in [1.82, 2.24) is 5.32 Å². The van der Waals surface area contributed by atoms with Gasteiger partial charge >= 0.3 is 6.09 Å². The van der Waals surface area contributed by atoms with Gasteiger partial charge in [0.2, 0.25) is 0 Å². The van der Waals surface area contributed by atoms with E-state index in [0.717, 1.165) is 21.8 Å². The number of rotatable bonds is 2. The molecule has 2 atom stereocenters. The Labute approximate surface area is 145 Å². The van der Waals surface area contributed by atoms with E-state index in [-0.39, 0.29) is 12.0 Å². The monoisotopic (exact) mass is 396 g/mol. The van der Waals surface area contributed by atoms with Gasteiger partial charge in [0, 0.05) is 37.3 Å². The molecule has 0 bridgehead atoms. The molecular formula is C16H21BrN2O3Si. The lowest BCUT2D eigenvalue weighted by molar-refractivity contribution is -0.126. The van der Waals surface area contributed by atoms with Crippen LogP contribution in [0.3, 0.4) is 0 Å². The van der Waals surface area contributed by atoms with Gasteiger partial charge in [-0.25, -0.2) is 4.79 Å². The van der Waals surface area contributed by atoms with E-state index in [0.29, 0.717) is 6.42 Å². The highest BCUT2D eigenvalue weighted by atomic mass is 79.9.